The van der Waals surface area contributed by atoms with E-state index in [4.69, 9.17) is 16.3 Å². The number of fused-ring (bicyclic) bond motifs is 1. The highest BCUT2D eigenvalue weighted by molar-refractivity contribution is 7.89. The minimum Gasteiger partial charge on any atom is -0.481 e. The number of amides is 1. The van der Waals surface area contributed by atoms with Gasteiger partial charge in [0.2, 0.25) is 10.0 Å². The van der Waals surface area contributed by atoms with Gasteiger partial charge in [-0.25, -0.2) is 13.1 Å². The van der Waals surface area contributed by atoms with Crippen LogP contribution in [-0.2, 0) is 16.6 Å². The lowest BCUT2D eigenvalue weighted by molar-refractivity contribution is 0.162. The Balaban J connectivity index is 1.56. The number of halogens is 1. The molecule has 1 amide bonds. The van der Waals surface area contributed by atoms with E-state index in [1.54, 1.807) is 50.4 Å². The number of hydrogen-bond acceptors (Lipinski definition) is 4. The second-order valence-electron chi connectivity index (χ2n) is 9.02. The minimum absolute atomic E-state index is 0.109. The summed E-state index contributed by atoms with van der Waals surface area (Å²) in [5, 5.41) is 10.9. The molecule has 0 saturated carbocycles. The van der Waals surface area contributed by atoms with Crippen LogP contribution in [0.25, 0.3) is 5.57 Å². The molecule has 0 spiro atoms. The van der Waals surface area contributed by atoms with Crippen molar-refractivity contribution in [3.63, 3.8) is 0 Å². The average Bonchev–Trinajstić information content (AvgIpc) is 3.20. The molecule has 2 atom stereocenters. The maximum atomic E-state index is 13.0. The average molecular weight is 552 g/mol. The molecule has 0 aromatic heterocycles. The first kappa shape index (κ1) is 27.4. The number of carbonyl (C=O) groups is 1. The molecule has 1 aliphatic heterocycles. The summed E-state index contributed by atoms with van der Waals surface area (Å²) < 4.78 is 33.8. The Kier molecular flexibility index (Phi) is 8.24. The largest absolute Gasteiger partial charge is 0.523 e. The lowest BCUT2D eigenvalue weighted by Crippen LogP contribution is -2.46. The number of rotatable bonds is 9. The topological polar surface area (TPSA) is 92.7 Å². The van der Waals surface area contributed by atoms with Crippen LogP contribution >= 0.6 is 11.6 Å². The van der Waals surface area contributed by atoms with Crippen LogP contribution in [0.1, 0.15) is 31.4 Å². The Morgan fingerprint density at radius 2 is 1.76 bits per heavy atom. The van der Waals surface area contributed by atoms with Crippen molar-refractivity contribution in [2.45, 2.75) is 37.8 Å². The first-order valence-electron chi connectivity index (χ1n) is 12.0. The smallest absolute Gasteiger partial charge is 0.481 e. The maximum absolute atomic E-state index is 13.0. The van der Waals surface area contributed by atoms with Gasteiger partial charge in [0.1, 0.15) is 25.1 Å². The third kappa shape index (κ3) is 5.93. The summed E-state index contributed by atoms with van der Waals surface area (Å²) in [5.74, 6) is 6.04. The van der Waals surface area contributed by atoms with Crippen LogP contribution in [0.4, 0.5) is 10.5 Å². The molecule has 1 heterocycles. The van der Waals surface area contributed by atoms with Gasteiger partial charge in [0.15, 0.2) is 5.69 Å². The minimum atomic E-state index is -3.81. The van der Waals surface area contributed by atoms with Crippen LogP contribution in [0.5, 0.6) is 5.75 Å². The number of ether oxygens (including phenoxy) is 1. The van der Waals surface area contributed by atoms with Crippen molar-refractivity contribution in [2.24, 2.45) is 0 Å². The highest BCUT2D eigenvalue weighted by Gasteiger charge is 2.46. The van der Waals surface area contributed by atoms with Gasteiger partial charge in [0, 0.05) is 33.8 Å². The predicted molar refractivity (Wildman–Crippen MR) is 149 cm³/mol. The molecule has 1 unspecified atom stereocenters. The highest BCUT2D eigenvalue weighted by Crippen LogP contribution is 2.43. The molecule has 0 fully saturated rings. The van der Waals surface area contributed by atoms with E-state index in [0.717, 1.165) is 16.7 Å². The van der Waals surface area contributed by atoms with Crippen LogP contribution in [-0.4, -0.2) is 32.3 Å². The SMILES string of the molecule is CC#CCOc1ccc(S(=O)(=O)N[C@H](C)CC2=C[N+](Cc3ccc(Cl)cc3)(C(=O)O)c3ccccc32)cc1. The maximum Gasteiger partial charge on any atom is 0.523 e. The Morgan fingerprint density at radius 3 is 2.42 bits per heavy atom. The second-order valence-corrected chi connectivity index (χ2v) is 11.2. The summed E-state index contributed by atoms with van der Waals surface area (Å²) in [6.45, 7) is 3.88. The van der Waals surface area contributed by atoms with Crippen molar-refractivity contribution < 1.29 is 23.1 Å². The van der Waals surface area contributed by atoms with E-state index in [2.05, 4.69) is 16.6 Å². The van der Waals surface area contributed by atoms with Gasteiger partial charge in [-0.05, 0) is 62.7 Å². The fourth-order valence-electron chi connectivity index (χ4n) is 4.51. The van der Waals surface area contributed by atoms with Crippen LogP contribution in [0.3, 0.4) is 0 Å². The van der Waals surface area contributed by atoms with Gasteiger partial charge in [-0.1, -0.05) is 41.8 Å². The Labute approximate surface area is 228 Å². The third-order valence-electron chi connectivity index (χ3n) is 6.25. The highest BCUT2D eigenvalue weighted by atomic mass is 35.5. The van der Waals surface area contributed by atoms with E-state index in [1.807, 2.05) is 30.3 Å². The number of quaternary nitrogens is 1. The molecule has 9 heteroatoms. The molecule has 0 bridgehead atoms. The van der Waals surface area contributed by atoms with Crippen molar-refractivity contribution in [1.82, 2.24) is 9.21 Å². The van der Waals surface area contributed by atoms with Gasteiger partial charge < -0.3 is 9.84 Å². The van der Waals surface area contributed by atoms with Crippen molar-refractivity contribution in [3.8, 4) is 17.6 Å². The van der Waals surface area contributed by atoms with E-state index in [-0.39, 0.29) is 18.0 Å². The second kappa shape index (κ2) is 11.4. The Hall–Kier alpha value is -3.61. The molecule has 0 saturated heterocycles. The van der Waals surface area contributed by atoms with Gasteiger partial charge in [-0.15, -0.1) is 5.92 Å². The van der Waals surface area contributed by atoms with Gasteiger partial charge in [-0.2, -0.15) is 9.28 Å². The summed E-state index contributed by atoms with van der Waals surface area (Å²) in [6.07, 6.45) is 0.988. The summed E-state index contributed by atoms with van der Waals surface area (Å²) >= 11 is 6.02. The fraction of sp³-hybridized carbons (Fsp3) is 0.207. The van der Waals surface area contributed by atoms with Gasteiger partial charge in [0.05, 0.1) is 4.90 Å². The van der Waals surface area contributed by atoms with E-state index < -0.39 is 26.6 Å². The standard InChI is InChI=1S/C29H27ClN2O5S/c1-3-4-17-37-25-13-15-26(16-14-25)38(35,36)31-21(2)18-23-20-32(29(33)34,28-8-6-5-7-27(23)28)19-22-9-11-24(30)12-10-22/h5-16,20-21,31H,17-19H2,1-2H3/p+1/t21-,32?/m1/s1. The summed E-state index contributed by atoms with van der Waals surface area (Å²) in [4.78, 5) is 12.8. The van der Waals surface area contributed by atoms with Crippen molar-refractivity contribution in [3.05, 3.63) is 95.1 Å². The summed E-state index contributed by atoms with van der Waals surface area (Å²) in [6, 6.07) is 20.0. The number of sulfonamides is 1. The molecule has 0 radical (unpaired) electrons. The molecule has 3 aromatic carbocycles. The zero-order chi connectivity index (χ0) is 27.3. The lowest BCUT2D eigenvalue weighted by Gasteiger charge is -2.26. The third-order valence-corrected chi connectivity index (χ3v) is 8.10. The van der Waals surface area contributed by atoms with Gasteiger partial charge in [0.25, 0.3) is 0 Å². The van der Waals surface area contributed by atoms with Crippen molar-refractivity contribution in [2.75, 3.05) is 6.61 Å². The number of nitrogens with one attached hydrogen (secondary N) is 1. The van der Waals surface area contributed by atoms with E-state index in [1.165, 1.54) is 12.1 Å². The molecule has 7 nitrogen and oxygen atoms in total. The van der Waals surface area contributed by atoms with Crippen LogP contribution in [0, 0.1) is 11.8 Å². The van der Waals surface area contributed by atoms with Gasteiger partial charge in [-0.3, -0.25) is 0 Å². The summed E-state index contributed by atoms with van der Waals surface area (Å²) in [7, 11) is -3.81. The van der Waals surface area contributed by atoms with Crippen molar-refractivity contribution >= 4 is 39.0 Å². The number of benzene rings is 3. The van der Waals surface area contributed by atoms with Gasteiger partial charge >= 0.3 is 6.09 Å². The first-order valence-corrected chi connectivity index (χ1v) is 13.8. The first-order chi connectivity index (χ1) is 18.1. The number of para-hydroxylation sites is 1. The van der Waals surface area contributed by atoms with E-state index in [9.17, 15) is 18.3 Å². The number of nitrogens with zero attached hydrogens (tertiary/aromatic N) is 1. The normalized spacial score (nSPS) is 17.1. The summed E-state index contributed by atoms with van der Waals surface area (Å²) in [5.41, 5.74) is 2.98. The molecular formula is C29H28ClN2O5S+. The molecule has 2 N–H and O–H groups in total. The molecule has 3 aromatic rings. The number of hydrogen-bond donors (Lipinski definition) is 2. The predicted octanol–water partition coefficient (Wildman–Crippen LogP) is 6.04. The molecule has 1 aliphatic rings. The van der Waals surface area contributed by atoms with Crippen LogP contribution in [0.15, 0.2) is 83.9 Å². The zero-order valence-corrected chi connectivity index (χ0v) is 22.6. The Morgan fingerprint density at radius 1 is 1.08 bits per heavy atom. The van der Waals surface area contributed by atoms with E-state index in [0.29, 0.717) is 22.9 Å². The quantitative estimate of drug-likeness (QED) is 0.250. The van der Waals surface area contributed by atoms with E-state index >= 15 is 0 Å². The zero-order valence-electron chi connectivity index (χ0n) is 21.0. The molecular weight excluding hydrogens is 524 g/mol. The van der Waals surface area contributed by atoms with Crippen LogP contribution < -0.4 is 13.9 Å². The fourth-order valence-corrected chi connectivity index (χ4v) is 5.88. The molecule has 38 heavy (non-hydrogen) atoms. The molecule has 4 rings (SSSR count). The molecule has 196 valence electrons. The monoisotopic (exact) mass is 551 g/mol. The van der Waals surface area contributed by atoms with Crippen LogP contribution in [0.2, 0.25) is 5.02 Å². The Bertz CT molecular complexity index is 1520. The molecule has 0 aliphatic carbocycles. The number of carboxylic acid groups (broad SMARTS) is 1. The lowest BCUT2D eigenvalue weighted by atomic mass is 10.0. The van der Waals surface area contributed by atoms with Crippen molar-refractivity contribution in [1.29, 1.82) is 0 Å².